The van der Waals surface area contributed by atoms with E-state index in [0.717, 1.165) is 12.3 Å². The maximum absolute atomic E-state index is 2.51. The van der Waals surface area contributed by atoms with E-state index in [1.807, 2.05) is 0 Å². The minimum absolute atomic E-state index is 0. The Kier molecular flexibility index (Phi) is 5.79. The van der Waals surface area contributed by atoms with Crippen LogP contribution in [0.5, 0.6) is 0 Å². The van der Waals surface area contributed by atoms with E-state index >= 15 is 0 Å². The van der Waals surface area contributed by atoms with Gasteiger partial charge in [0.15, 0.2) is 0 Å². The fourth-order valence-corrected chi connectivity index (χ4v) is 5.03. The molecule has 0 aliphatic heterocycles. The summed E-state index contributed by atoms with van der Waals surface area (Å²) < 4.78 is 0. The van der Waals surface area contributed by atoms with Crippen molar-refractivity contribution in [2.45, 2.75) is 44.9 Å². The van der Waals surface area contributed by atoms with Gasteiger partial charge >= 0.3 is 0 Å². The van der Waals surface area contributed by atoms with Crippen molar-refractivity contribution in [3.05, 3.63) is 77.4 Å². The summed E-state index contributed by atoms with van der Waals surface area (Å²) in [6.07, 6.45) is 12.2. The van der Waals surface area contributed by atoms with Crippen molar-refractivity contribution in [3.63, 3.8) is 0 Å². The summed E-state index contributed by atoms with van der Waals surface area (Å²) in [6.45, 7) is 0. The maximum atomic E-state index is 2.51. The maximum Gasteiger partial charge on any atom is 0 e. The summed E-state index contributed by atoms with van der Waals surface area (Å²) in [7, 11) is 0. The van der Waals surface area contributed by atoms with E-state index in [4.69, 9.17) is 0 Å². The Balaban J connectivity index is 0.00000180. The van der Waals surface area contributed by atoms with Crippen LogP contribution in [0.15, 0.2) is 66.2 Å². The van der Waals surface area contributed by atoms with Crippen molar-refractivity contribution in [1.29, 1.82) is 0 Å². The molecule has 0 atom stereocenters. The molecule has 0 heterocycles. The van der Waals surface area contributed by atoms with Gasteiger partial charge in [-0.15, -0.1) is 0 Å². The third-order valence-electron chi connectivity index (χ3n) is 6.32. The third-order valence-corrected chi connectivity index (χ3v) is 6.32. The van der Waals surface area contributed by atoms with Crippen molar-refractivity contribution in [1.82, 2.24) is 0 Å². The van der Waals surface area contributed by atoms with Gasteiger partial charge in [0.25, 0.3) is 0 Å². The van der Waals surface area contributed by atoms with Crippen LogP contribution >= 0.6 is 0 Å². The van der Waals surface area contributed by atoms with Gasteiger partial charge in [-0.2, -0.15) is 0 Å². The fourth-order valence-electron chi connectivity index (χ4n) is 5.03. The Labute approximate surface area is 181 Å². The number of fused-ring (bicyclic) bond motifs is 2. The number of benzene rings is 3. The van der Waals surface area contributed by atoms with Gasteiger partial charge in [-0.05, 0) is 51.8 Å². The van der Waals surface area contributed by atoms with E-state index in [9.17, 15) is 0 Å². The zero-order valence-electron chi connectivity index (χ0n) is 15.9. The van der Waals surface area contributed by atoms with Crippen molar-refractivity contribution in [2.75, 3.05) is 0 Å². The molecule has 3 aromatic carbocycles. The molecule has 0 amide bonds. The molecule has 2 aliphatic carbocycles. The first-order valence-electron chi connectivity index (χ1n) is 10.2. The van der Waals surface area contributed by atoms with E-state index in [0.29, 0.717) is 0 Å². The van der Waals surface area contributed by atoms with Crippen LogP contribution in [0.3, 0.4) is 0 Å². The smallest absolute Gasteiger partial charge is 0 e. The molecule has 0 aromatic heterocycles. The van der Waals surface area contributed by atoms with Gasteiger partial charge in [0.05, 0.1) is 0 Å². The van der Waals surface area contributed by atoms with Crippen LogP contribution < -0.4 is 0 Å². The zero-order chi connectivity index (χ0) is 17.3. The molecule has 0 nitrogen and oxygen atoms in total. The summed E-state index contributed by atoms with van der Waals surface area (Å²) in [6, 6.07) is 22.3. The molecule has 0 N–H and O–H groups in total. The topological polar surface area (TPSA) is 0 Å². The molecule has 27 heavy (non-hydrogen) atoms. The molecule has 0 unspecified atom stereocenters. The van der Waals surface area contributed by atoms with Crippen LogP contribution in [0.2, 0.25) is 0 Å². The largest absolute Gasteiger partial charge is 0.0649 e. The van der Waals surface area contributed by atoms with Crippen LogP contribution in [0, 0.1) is 5.92 Å². The van der Waals surface area contributed by atoms with Crippen molar-refractivity contribution in [3.8, 4) is 11.1 Å². The van der Waals surface area contributed by atoms with Gasteiger partial charge < -0.3 is 0 Å². The molecular weight excluding hydrogens is 404 g/mol. The van der Waals surface area contributed by atoms with E-state index in [1.54, 1.807) is 5.57 Å². The second kappa shape index (κ2) is 8.28. The second-order valence-electron chi connectivity index (χ2n) is 8.09. The van der Waals surface area contributed by atoms with E-state index in [2.05, 4.69) is 66.7 Å². The first kappa shape index (κ1) is 18.9. The average molecular weight is 430 g/mol. The molecular formula is C26H26Zr. The predicted molar refractivity (Wildman–Crippen MR) is 112 cm³/mol. The standard InChI is InChI=1S/C26H26.Zr/c1-2-8-19(9-3-1)16-20-17-22-12-7-15-25(26(22)18-20)24-14-6-11-21-10-4-5-13-23(21)24;/h4-7,10-15,18-19H,1-3,8-9,16-17H2;. The van der Waals surface area contributed by atoms with Gasteiger partial charge in [0, 0.05) is 26.2 Å². The Morgan fingerprint density at radius 3 is 2.37 bits per heavy atom. The first-order chi connectivity index (χ1) is 12.9. The van der Waals surface area contributed by atoms with E-state index < -0.39 is 0 Å². The Morgan fingerprint density at radius 2 is 1.48 bits per heavy atom. The van der Waals surface area contributed by atoms with Gasteiger partial charge in [-0.3, -0.25) is 0 Å². The molecule has 0 spiro atoms. The van der Waals surface area contributed by atoms with Crippen molar-refractivity contribution in [2.24, 2.45) is 5.92 Å². The molecule has 0 saturated heterocycles. The third kappa shape index (κ3) is 3.77. The normalized spacial score (nSPS) is 16.7. The summed E-state index contributed by atoms with van der Waals surface area (Å²) in [5.74, 6) is 0.922. The Bertz CT molecular complexity index is 971. The minimum Gasteiger partial charge on any atom is -0.0649 e. The monoisotopic (exact) mass is 428 g/mol. The van der Waals surface area contributed by atoms with Crippen LogP contribution in [0.1, 0.15) is 49.7 Å². The van der Waals surface area contributed by atoms with Crippen LogP contribution in [-0.4, -0.2) is 0 Å². The number of hydrogen-bond acceptors (Lipinski definition) is 0. The van der Waals surface area contributed by atoms with Crippen LogP contribution in [0.4, 0.5) is 0 Å². The fraction of sp³-hybridized carbons (Fsp3) is 0.308. The van der Waals surface area contributed by atoms with Gasteiger partial charge in [-0.25, -0.2) is 0 Å². The minimum atomic E-state index is 0. The average Bonchev–Trinajstić information content (AvgIpc) is 3.11. The van der Waals surface area contributed by atoms with Crippen molar-refractivity contribution >= 4 is 16.8 Å². The number of allylic oxidation sites excluding steroid dienone is 1. The Hall–Kier alpha value is -1.46. The molecule has 1 fully saturated rings. The summed E-state index contributed by atoms with van der Waals surface area (Å²) >= 11 is 0. The SMILES string of the molecule is C1=C(CC2CCCCC2)Cc2cccc(-c3cccc4ccccc34)c21.[Zr]. The summed E-state index contributed by atoms with van der Waals surface area (Å²) in [4.78, 5) is 0. The Morgan fingerprint density at radius 1 is 0.741 bits per heavy atom. The molecule has 1 heteroatoms. The summed E-state index contributed by atoms with van der Waals surface area (Å²) in [5, 5.41) is 2.68. The molecule has 134 valence electrons. The van der Waals surface area contributed by atoms with Crippen molar-refractivity contribution < 1.29 is 26.2 Å². The predicted octanol–water partition coefficient (Wildman–Crippen LogP) is 7.41. The van der Waals surface area contributed by atoms with E-state index in [-0.39, 0.29) is 26.2 Å². The quantitative estimate of drug-likeness (QED) is 0.406. The molecule has 3 aromatic rings. The van der Waals surface area contributed by atoms with Gasteiger partial charge in [0.2, 0.25) is 0 Å². The molecule has 0 radical (unpaired) electrons. The molecule has 5 rings (SSSR count). The molecule has 0 bridgehead atoms. The number of hydrogen-bond donors (Lipinski definition) is 0. The summed E-state index contributed by atoms with van der Waals surface area (Å²) in [5.41, 5.74) is 7.41. The van der Waals surface area contributed by atoms with Gasteiger partial charge in [-0.1, -0.05) is 104 Å². The van der Waals surface area contributed by atoms with Crippen LogP contribution in [0.25, 0.3) is 28.0 Å². The zero-order valence-corrected chi connectivity index (χ0v) is 18.3. The van der Waals surface area contributed by atoms with Gasteiger partial charge in [0.1, 0.15) is 0 Å². The number of rotatable bonds is 3. The van der Waals surface area contributed by atoms with E-state index in [1.165, 1.54) is 71.6 Å². The first-order valence-corrected chi connectivity index (χ1v) is 10.2. The molecule has 2 aliphatic rings. The molecule has 1 saturated carbocycles. The van der Waals surface area contributed by atoms with Crippen LogP contribution in [-0.2, 0) is 32.6 Å². The second-order valence-corrected chi connectivity index (χ2v) is 8.09.